The lowest BCUT2D eigenvalue weighted by molar-refractivity contribution is 0.111. The van der Waals surface area contributed by atoms with E-state index >= 15 is 0 Å². The second kappa shape index (κ2) is 5.36. The molecule has 2 heteroatoms. The molecule has 0 saturated heterocycles. The molecule has 0 bridgehead atoms. The van der Waals surface area contributed by atoms with Crippen molar-refractivity contribution in [3.05, 3.63) is 36.2 Å². The Balaban J connectivity index is 2.28. The molecule has 1 N–H and O–H groups in total. The fourth-order valence-corrected chi connectivity index (χ4v) is 1.28. The highest BCUT2D eigenvalue weighted by atomic mass is 16.1. The molecule has 0 aliphatic heterocycles. The number of H-pyrrole nitrogens is 1. The zero-order valence-corrected chi connectivity index (χ0v) is 7.75. The largest absolute Gasteiger partial charge is 0.356 e. The van der Waals surface area contributed by atoms with Gasteiger partial charge in [0, 0.05) is 5.69 Å². The minimum absolute atomic E-state index is 0.665. The van der Waals surface area contributed by atoms with Gasteiger partial charge >= 0.3 is 0 Å². The van der Waals surface area contributed by atoms with Crippen LogP contribution in [0.15, 0.2) is 24.8 Å². The monoisotopic (exact) mass is 177 g/mol. The highest BCUT2D eigenvalue weighted by molar-refractivity contribution is 5.71. The van der Waals surface area contributed by atoms with Crippen LogP contribution in [0.5, 0.6) is 0 Å². The van der Waals surface area contributed by atoms with Gasteiger partial charge in [0.05, 0.1) is 5.69 Å². The van der Waals surface area contributed by atoms with E-state index in [4.69, 9.17) is 0 Å². The van der Waals surface area contributed by atoms with Gasteiger partial charge in [-0.2, -0.15) is 0 Å². The van der Waals surface area contributed by atoms with Crippen LogP contribution in [0, 0.1) is 0 Å². The highest BCUT2D eigenvalue weighted by Gasteiger charge is 1.96. The third-order valence-electron chi connectivity index (χ3n) is 2.00. The number of allylic oxidation sites excluding steroid dienone is 1. The molecule has 1 aromatic heterocycles. The minimum atomic E-state index is 0.665. The molecule has 0 aromatic carbocycles. The molecule has 0 unspecified atom stereocenters. The summed E-state index contributed by atoms with van der Waals surface area (Å²) >= 11 is 0. The Morgan fingerprint density at radius 1 is 1.38 bits per heavy atom. The number of nitrogens with one attached hydrogen (secondary N) is 1. The molecule has 0 aliphatic carbocycles. The van der Waals surface area contributed by atoms with Crippen LogP contribution in [0.3, 0.4) is 0 Å². The van der Waals surface area contributed by atoms with E-state index in [0.717, 1.165) is 31.2 Å². The van der Waals surface area contributed by atoms with Crippen LogP contribution < -0.4 is 0 Å². The lowest BCUT2D eigenvalue weighted by Crippen LogP contribution is -1.86. The van der Waals surface area contributed by atoms with Crippen LogP contribution in [0.1, 0.15) is 35.4 Å². The quantitative estimate of drug-likeness (QED) is 0.404. The number of carbonyl (C=O) groups excluding carboxylic acids is 1. The molecule has 1 rings (SSSR count). The first-order valence-corrected chi connectivity index (χ1v) is 4.61. The maximum Gasteiger partial charge on any atom is 0.166 e. The van der Waals surface area contributed by atoms with Gasteiger partial charge in [0.2, 0.25) is 0 Å². The zero-order valence-electron chi connectivity index (χ0n) is 7.75. The predicted molar refractivity (Wildman–Crippen MR) is 53.9 cm³/mol. The fraction of sp³-hybridized carbons (Fsp3) is 0.364. The summed E-state index contributed by atoms with van der Waals surface area (Å²) in [5, 5.41) is 0. The van der Waals surface area contributed by atoms with Crippen LogP contribution in [-0.4, -0.2) is 11.3 Å². The number of aromatic amines is 1. The van der Waals surface area contributed by atoms with Crippen LogP contribution in [0.25, 0.3) is 0 Å². The number of aryl methyl sites for hydroxylation is 1. The molecule has 0 aliphatic rings. The van der Waals surface area contributed by atoms with Crippen molar-refractivity contribution in [3.8, 4) is 0 Å². The molecular formula is C11H15NO. The van der Waals surface area contributed by atoms with Crippen LogP contribution >= 0.6 is 0 Å². The second-order valence-electron chi connectivity index (χ2n) is 3.09. The number of unbranched alkanes of at least 4 members (excludes halogenated alkanes) is 2. The number of aromatic nitrogens is 1. The standard InChI is InChI=1S/C11H15NO/c1-2-3-4-5-6-10-7-8-11(9-13)12-10/h2,7-9,12H,1,3-6H2. The molecule has 1 heterocycles. The van der Waals surface area contributed by atoms with Crippen LogP contribution in [0.4, 0.5) is 0 Å². The van der Waals surface area contributed by atoms with E-state index in [1.807, 2.05) is 18.2 Å². The molecular weight excluding hydrogens is 162 g/mol. The van der Waals surface area contributed by atoms with Crippen LogP contribution in [0.2, 0.25) is 0 Å². The van der Waals surface area contributed by atoms with E-state index in [1.165, 1.54) is 6.42 Å². The van der Waals surface area contributed by atoms with Gasteiger partial charge in [0.1, 0.15) is 0 Å². The van der Waals surface area contributed by atoms with Crippen LogP contribution in [-0.2, 0) is 6.42 Å². The first-order chi connectivity index (χ1) is 6.36. The van der Waals surface area contributed by atoms with Crippen molar-refractivity contribution >= 4 is 6.29 Å². The summed E-state index contributed by atoms with van der Waals surface area (Å²) in [5.41, 5.74) is 1.81. The van der Waals surface area contributed by atoms with E-state index in [0.29, 0.717) is 5.69 Å². The third kappa shape index (κ3) is 3.28. The summed E-state index contributed by atoms with van der Waals surface area (Å²) in [4.78, 5) is 13.4. The summed E-state index contributed by atoms with van der Waals surface area (Å²) in [5.74, 6) is 0. The molecule has 1 aromatic rings. The predicted octanol–water partition coefficient (Wildman–Crippen LogP) is 2.73. The highest BCUT2D eigenvalue weighted by Crippen LogP contribution is 2.06. The SMILES string of the molecule is C=CCCCCc1ccc(C=O)[nH]1. The van der Waals surface area contributed by atoms with Gasteiger partial charge in [-0.25, -0.2) is 0 Å². The Morgan fingerprint density at radius 3 is 2.85 bits per heavy atom. The zero-order chi connectivity index (χ0) is 9.52. The summed E-state index contributed by atoms with van der Waals surface area (Å²) in [6.45, 7) is 3.67. The Bertz CT molecular complexity index is 275. The Morgan fingerprint density at radius 2 is 2.23 bits per heavy atom. The molecule has 70 valence electrons. The molecule has 13 heavy (non-hydrogen) atoms. The molecule has 0 amide bonds. The molecule has 0 radical (unpaired) electrons. The summed E-state index contributed by atoms with van der Waals surface area (Å²) in [7, 11) is 0. The second-order valence-corrected chi connectivity index (χ2v) is 3.09. The van der Waals surface area contributed by atoms with Crippen molar-refractivity contribution in [1.29, 1.82) is 0 Å². The molecule has 0 spiro atoms. The van der Waals surface area contributed by atoms with E-state index in [2.05, 4.69) is 11.6 Å². The van der Waals surface area contributed by atoms with Crippen molar-refractivity contribution < 1.29 is 4.79 Å². The Kier molecular flexibility index (Phi) is 4.03. The topological polar surface area (TPSA) is 32.9 Å². The minimum Gasteiger partial charge on any atom is -0.356 e. The van der Waals surface area contributed by atoms with Crippen molar-refractivity contribution in [2.45, 2.75) is 25.7 Å². The summed E-state index contributed by atoms with van der Waals surface area (Å²) in [6.07, 6.45) is 7.17. The van der Waals surface area contributed by atoms with Gasteiger partial charge in [-0.1, -0.05) is 6.08 Å². The lowest BCUT2D eigenvalue weighted by atomic mass is 10.1. The first kappa shape index (κ1) is 9.78. The van der Waals surface area contributed by atoms with Crippen molar-refractivity contribution in [1.82, 2.24) is 4.98 Å². The molecule has 0 atom stereocenters. The molecule has 0 fully saturated rings. The maximum absolute atomic E-state index is 10.4. The van der Waals surface area contributed by atoms with E-state index in [1.54, 1.807) is 0 Å². The number of hydrogen-bond donors (Lipinski definition) is 1. The average Bonchev–Trinajstić information content (AvgIpc) is 2.60. The number of rotatable bonds is 6. The number of carbonyl (C=O) groups is 1. The van der Waals surface area contributed by atoms with Crippen molar-refractivity contribution in [2.75, 3.05) is 0 Å². The van der Waals surface area contributed by atoms with Gasteiger partial charge in [-0.15, -0.1) is 6.58 Å². The van der Waals surface area contributed by atoms with E-state index in [-0.39, 0.29) is 0 Å². The first-order valence-electron chi connectivity index (χ1n) is 4.61. The number of hydrogen-bond acceptors (Lipinski definition) is 1. The lowest BCUT2D eigenvalue weighted by Gasteiger charge is -1.95. The van der Waals surface area contributed by atoms with Gasteiger partial charge in [0.25, 0.3) is 0 Å². The van der Waals surface area contributed by atoms with Gasteiger partial charge in [-0.05, 0) is 37.8 Å². The van der Waals surface area contributed by atoms with E-state index < -0.39 is 0 Å². The Labute approximate surface area is 78.7 Å². The number of aldehydes is 1. The molecule has 0 saturated carbocycles. The normalized spacial score (nSPS) is 9.85. The average molecular weight is 177 g/mol. The third-order valence-corrected chi connectivity index (χ3v) is 2.00. The fourth-order valence-electron chi connectivity index (χ4n) is 1.28. The van der Waals surface area contributed by atoms with Crippen molar-refractivity contribution in [2.24, 2.45) is 0 Å². The maximum atomic E-state index is 10.4. The van der Waals surface area contributed by atoms with Gasteiger partial charge < -0.3 is 4.98 Å². The smallest absolute Gasteiger partial charge is 0.166 e. The Hall–Kier alpha value is -1.31. The van der Waals surface area contributed by atoms with Gasteiger partial charge in [0.15, 0.2) is 6.29 Å². The summed E-state index contributed by atoms with van der Waals surface area (Å²) in [6, 6.07) is 3.79. The molecule has 2 nitrogen and oxygen atoms in total. The van der Waals surface area contributed by atoms with Gasteiger partial charge in [-0.3, -0.25) is 4.79 Å². The van der Waals surface area contributed by atoms with E-state index in [9.17, 15) is 4.79 Å². The summed E-state index contributed by atoms with van der Waals surface area (Å²) < 4.78 is 0. The van der Waals surface area contributed by atoms with Crippen molar-refractivity contribution in [3.63, 3.8) is 0 Å².